The third kappa shape index (κ3) is 4.72. The van der Waals surface area contributed by atoms with Gasteiger partial charge in [-0.3, -0.25) is 9.69 Å². The molecular formula is C12H25Cl2N3O3. The first-order valence-electron chi connectivity index (χ1n) is 6.59. The van der Waals surface area contributed by atoms with E-state index in [0.29, 0.717) is 6.04 Å². The van der Waals surface area contributed by atoms with Gasteiger partial charge in [-0.1, -0.05) is 0 Å². The Morgan fingerprint density at radius 1 is 1.35 bits per heavy atom. The number of hydrogen-bond donors (Lipinski definition) is 1. The SMILES string of the molecule is COC(CN)C(=O)N1CCC(N2CCOCC2)C1.Cl.Cl. The molecule has 2 atom stereocenters. The van der Waals surface area contributed by atoms with Crippen molar-refractivity contribution < 1.29 is 14.3 Å². The van der Waals surface area contributed by atoms with Crippen molar-refractivity contribution in [2.24, 2.45) is 5.73 Å². The smallest absolute Gasteiger partial charge is 0.253 e. The largest absolute Gasteiger partial charge is 0.379 e. The second-order valence-electron chi connectivity index (χ2n) is 4.84. The zero-order valence-corrected chi connectivity index (χ0v) is 13.5. The van der Waals surface area contributed by atoms with E-state index in [1.165, 1.54) is 7.11 Å². The first kappa shape index (κ1) is 19.9. The molecule has 8 heteroatoms. The molecule has 6 nitrogen and oxygen atoms in total. The molecule has 0 radical (unpaired) electrons. The molecular weight excluding hydrogens is 305 g/mol. The summed E-state index contributed by atoms with van der Waals surface area (Å²) in [5.74, 6) is 0.0239. The Labute approximate surface area is 132 Å². The van der Waals surface area contributed by atoms with Crippen LogP contribution in [0.5, 0.6) is 0 Å². The average Bonchev–Trinajstić information content (AvgIpc) is 2.90. The molecule has 0 aromatic rings. The molecule has 0 aromatic heterocycles. The Morgan fingerprint density at radius 2 is 2.00 bits per heavy atom. The summed E-state index contributed by atoms with van der Waals surface area (Å²) in [6.45, 7) is 5.38. The van der Waals surface area contributed by atoms with Crippen molar-refractivity contribution in [2.45, 2.75) is 18.6 Å². The van der Waals surface area contributed by atoms with Crippen LogP contribution in [-0.2, 0) is 14.3 Å². The lowest BCUT2D eigenvalue weighted by Gasteiger charge is -2.32. The number of morpholine rings is 1. The van der Waals surface area contributed by atoms with Crippen molar-refractivity contribution in [1.82, 2.24) is 9.80 Å². The predicted octanol–water partition coefficient (Wildman–Crippen LogP) is -0.263. The van der Waals surface area contributed by atoms with E-state index in [2.05, 4.69) is 4.90 Å². The Balaban J connectivity index is 0.00000180. The fraction of sp³-hybridized carbons (Fsp3) is 0.917. The molecule has 2 aliphatic rings. The number of carbonyl (C=O) groups excluding carboxylic acids is 1. The van der Waals surface area contributed by atoms with Crippen LogP contribution in [0, 0.1) is 0 Å². The number of nitrogens with two attached hydrogens (primary N) is 1. The van der Waals surface area contributed by atoms with Crippen molar-refractivity contribution in [1.29, 1.82) is 0 Å². The summed E-state index contributed by atoms with van der Waals surface area (Å²) in [5, 5.41) is 0. The lowest BCUT2D eigenvalue weighted by Crippen LogP contribution is -2.47. The van der Waals surface area contributed by atoms with Crippen LogP contribution >= 0.6 is 24.8 Å². The zero-order valence-electron chi connectivity index (χ0n) is 11.8. The normalized spacial score (nSPS) is 24.7. The topological polar surface area (TPSA) is 68.0 Å². The van der Waals surface area contributed by atoms with Crippen molar-refractivity contribution in [2.75, 3.05) is 53.0 Å². The fourth-order valence-corrected chi connectivity index (χ4v) is 2.68. The van der Waals surface area contributed by atoms with Crippen LogP contribution in [0.4, 0.5) is 0 Å². The van der Waals surface area contributed by atoms with E-state index in [1.54, 1.807) is 0 Å². The second-order valence-corrected chi connectivity index (χ2v) is 4.84. The number of amides is 1. The standard InChI is InChI=1S/C12H23N3O3.2ClH/c1-17-11(8-13)12(16)15-3-2-10(9-15)14-4-6-18-7-5-14;;/h10-11H,2-9,13H2,1H3;2*1H. The lowest BCUT2D eigenvalue weighted by atomic mass is 10.2. The Hall–Kier alpha value is -0.110. The Kier molecular flexibility index (Phi) is 9.71. The molecule has 20 heavy (non-hydrogen) atoms. The van der Waals surface area contributed by atoms with Crippen LogP contribution in [0.15, 0.2) is 0 Å². The molecule has 0 bridgehead atoms. The fourth-order valence-electron chi connectivity index (χ4n) is 2.68. The van der Waals surface area contributed by atoms with Crippen LogP contribution in [0.2, 0.25) is 0 Å². The summed E-state index contributed by atoms with van der Waals surface area (Å²) in [6, 6.07) is 0.466. The highest BCUT2D eigenvalue weighted by Gasteiger charge is 2.33. The number of nitrogens with zero attached hydrogens (tertiary/aromatic N) is 2. The monoisotopic (exact) mass is 329 g/mol. The van der Waals surface area contributed by atoms with E-state index in [1.807, 2.05) is 4.90 Å². The van der Waals surface area contributed by atoms with E-state index >= 15 is 0 Å². The molecule has 0 spiro atoms. The minimum absolute atomic E-state index is 0. The number of rotatable bonds is 4. The summed E-state index contributed by atoms with van der Waals surface area (Å²) in [5.41, 5.74) is 5.53. The van der Waals surface area contributed by atoms with Gasteiger partial charge in [-0.25, -0.2) is 0 Å². The third-order valence-corrected chi connectivity index (χ3v) is 3.81. The molecule has 0 saturated carbocycles. The maximum absolute atomic E-state index is 12.1. The number of likely N-dealkylation sites (tertiary alicyclic amines) is 1. The van der Waals surface area contributed by atoms with Gasteiger partial charge in [0, 0.05) is 45.9 Å². The van der Waals surface area contributed by atoms with Crippen LogP contribution in [0.3, 0.4) is 0 Å². The van der Waals surface area contributed by atoms with E-state index in [9.17, 15) is 4.79 Å². The minimum atomic E-state index is -0.492. The molecule has 2 unspecified atom stereocenters. The van der Waals surface area contributed by atoms with Gasteiger partial charge >= 0.3 is 0 Å². The van der Waals surface area contributed by atoms with Gasteiger partial charge in [0.1, 0.15) is 6.10 Å². The zero-order chi connectivity index (χ0) is 13.0. The number of carbonyl (C=O) groups is 1. The summed E-state index contributed by atoms with van der Waals surface area (Å²) in [6.07, 6.45) is 0.542. The lowest BCUT2D eigenvalue weighted by molar-refractivity contribution is -0.140. The van der Waals surface area contributed by atoms with Gasteiger partial charge in [-0.05, 0) is 6.42 Å². The van der Waals surface area contributed by atoms with Crippen molar-refractivity contribution in [3.63, 3.8) is 0 Å². The van der Waals surface area contributed by atoms with Gasteiger partial charge in [0.2, 0.25) is 0 Å². The van der Waals surface area contributed by atoms with Crippen LogP contribution in [0.1, 0.15) is 6.42 Å². The molecule has 0 aromatic carbocycles. The van der Waals surface area contributed by atoms with Gasteiger partial charge in [0.15, 0.2) is 0 Å². The second kappa shape index (κ2) is 9.76. The highest BCUT2D eigenvalue weighted by molar-refractivity contribution is 5.85. The van der Waals surface area contributed by atoms with Gasteiger partial charge in [0.05, 0.1) is 13.2 Å². The van der Waals surface area contributed by atoms with E-state index in [-0.39, 0.29) is 37.3 Å². The van der Waals surface area contributed by atoms with Crippen molar-refractivity contribution in [3.8, 4) is 0 Å². The molecule has 0 aliphatic carbocycles. The Bertz CT molecular complexity index is 287. The molecule has 2 fully saturated rings. The van der Waals surface area contributed by atoms with Crippen molar-refractivity contribution >= 4 is 30.7 Å². The molecule has 2 saturated heterocycles. The number of hydrogen-bond acceptors (Lipinski definition) is 5. The number of halogens is 2. The van der Waals surface area contributed by atoms with Crippen LogP contribution in [-0.4, -0.2) is 80.9 Å². The maximum Gasteiger partial charge on any atom is 0.253 e. The van der Waals surface area contributed by atoms with Gasteiger partial charge in [-0.15, -0.1) is 24.8 Å². The summed E-state index contributed by atoms with van der Waals surface area (Å²) >= 11 is 0. The van der Waals surface area contributed by atoms with Crippen LogP contribution in [0.25, 0.3) is 0 Å². The first-order chi connectivity index (χ1) is 8.76. The first-order valence-corrected chi connectivity index (χ1v) is 6.59. The van der Waals surface area contributed by atoms with Crippen molar-refractivity contribution in [3.05, 3.63) is 0 Å². The average molecular weight is 330 g/mol. The summed E-state index contributed by atoms with van der Waals surface area (Å²) in [4.78, 5) is 16.4. The summed E-state index contributed by atoms with van der Waals surface area (Å²) in [7, 11) is 1.53. The quantitative estimate of drug-likeness (QED) is 0.769. The Morgan fingerprint density at radius 3 is 2.55 bits per heavy atom. The molecule has 2 rings (SSSR count). The van der Waals surface area contributed by atoms with Gasteiger partial charge in [-0.2, -0.15) is 0 Å². The number of methoxy groups -OCH3 is 1. The van der Waals surface area contributed by atoms with Gasteiger partial charge in [0.25, 0.3) is 5.91 Å². The predicted molar refractivity (Wildman–Crippen MR) is 81.7 cm³/mol. The van der Waals surface area contributed by atoms with Crippen LogP contribution < -0.4 is 5.73 Å². The molecule has 1 amide bonds. The van der Waals surface area contributed by atoms with Gasteiger partial charge < -0.3 is 20.1 Å². The summed E-state index contributed by atoms with van der Waals surface area (Å²) < 4.78 is 10.5. The molecule has 2 heterocycles. The molecule has 2 aliphatic heterocycles. The molecule has 2 N–H and O–H groups in total. The highest BCUT2D eigenvalue weighted by Crippen LogP contribution is 2.18. The van der Waals surface area contributed by atoms with E-state index < -0.39 is 6.10 Å². The number of ether oxygens (including phenoxy) is 2. The van der Waals surface area contributed by atoms with E-state index in [4.69, 9.17) is 15.2 Å². The molecule has 120 valence electrons. The minimum Gasteiger partial charge on any atom is -0.379 e. The highest BCUT2D eigenvalue weighted by atomic mass is 35.5. The third-order valence-electron chi connectivity index (χ3n) is 3.81. The van der Waals surface area contributed by atoms with E-state index in [0.717, 1.165) is 45.8 Å². The maximum atomic E-state index is 12.1.